The van der Waals surface area contributed by atoms with Crippen LogP contribution in [-0.4, -0.2) is 36.0 Å². The first-order valence-corrected chi connectivity index (χ1v) is 6.70. The van der Waals surface area contributed by atoms with E-state index < -0.39 is 0 Å². The monoisotopic (exact) mass is 232 g/mol. The lowest BCUT2D eigenvalue weighted by atomic mass is 10.1. The van der Waals surface area contributed by atoms with Crippen LogP contribution in [-0.2, 0) is 4.79 Å². The number of thioether (sulfide) groups is 1. The lowest BCUT2D eigenvalue weighted by molar-refractivity contribution is -0.122. The predicted molar refractivity (Wildman–Crippen MR) is 68.4 cm³/mol. The fraction of sp³-hybridized carbons (Fsp3) is 0.909. The number of carbonyl (C=O) groups excluding carboxylic acids is 1. The number of hydrogen-bond acceptors (Lipinski definition) is 3. The Morgan fingerprint density at radius 1 is 1.27 bits per heavy atom. The molecule has 0 aliphatic rings. The molecule has 0 aliphatic heterocycles. The molecule has 0 rings (SSSR count). The maximum Gasteiger partial charge on any atom is 0.221 e. The van der Waals surface area contributed by atoms with Crippen LogP contribution < -0.4 is 10.6 Å². The topological polar surface area (TPSA) is 41.1 Å². The quantitative estimate of drug-likeness (QED) is 0.656. The first-order chi connectivity index (χ1) is 6.95. The Morgan fingerprint density at radius 2 is 1.93 bits per heavy atom. The van der Waals surface area contributed by atoms with Gasteiger partial charge in [0.05, 0.1) is 0 Å². The van der Waals surface area contributed by atoms with Gasteiger partial charge in [0.2, 0.25) is 5.91 Å². The Kier molecular flexibility index (Phi) is 7.88. The minimum absolute atomic E-state index is 0.116. The van der Waals surface area contributed by atoms with Crippen LogP contribution in [0.25, 0.3) is 0 Å². The standard InChI is InChI=1S/C11H24N2OS/c1-5-15-9-8-12-7-6-10(14)13-11(2,3)4/h12H,5-9H2,1-4H3,(H,13,14). The third kappa shape index (κ3) is 11.7. The van der Waals surface area contributed by atoms with Gasteiger partial charge in [-0.2, -0.15) is 11.8 Å². The second-order valence-corrected chi connectivity index (χ2v) is 5.89. The zero-order valence-corrected chi connectivity index (χ0v) is 11.2. The first kappa shape index (κ1) is 14.8. The van der Waals surface area contributed by atoms with Crippen molar-refractivity contribution >= 4 is 17.7 Å². The summed E-state index contributed by atoms with van der Waals surface area (Å²) in [7, 11) is 0. The summed E-state index contributed by atoms with van der Waals surface area (Å²) in [6.45, 7) is 9.90. The van der Waals surface area contributed by atoms with Gasteiger partial charge in [-0.3, -0.25) is 4.79 Å². The van der Waals surface area contributed by atoms with Crippen molar-refractivity contribution < 1.29 is 4.79 Å². The summed E-state index contributed by atoms with van der Waals surface area (Å²) in [5.74, 6) is 2.40. The summed E-state index contributed by atoms with van der Waals surface area (Å²) in [6, 6.07) is 0. The molecule has 3 nitrogen and oxygen atoms in total. The van der Waals surface area contributed by atoms with Crippen molar-refractivity contribution in [2.45, 2.75) is 39.7 Å². The van der Waals surface area contributed by atoms with Crippen molar-refractivity contribution in [2.75, 3.05) is 24.6 Å². The van der Waals surface area contributed by atoms with Crippen LogP contribution in [0.15, 0.2) is 0 Å². The third-order valence-corrected chi connectivity index (χ3v) is 2.57. The second-order valence-electron chi connectivity index (χ2n) is 4.50. The molecule has 0 unspecified atom stereocenters. The number of rotatable bonds is 7. The van der Waals surface area contributed by atoms with Crippen LogP contribution in [0.2, 0.25) is 0 Å². The van der Waals surface area contributed by atoms with Gasteiger partial charge in [0.1, 0.15) is 0 Å². The molecule has 0 saturated carbocycles. The maximum atomic E-state index is 11.4. The molecule has 0 radical (unpaired) electrons. The molecule has 4 heteroatoms. The van der Waals surface area contributed by atoms with Crippen LogP contribution in [0, 0.1) is 0 Å². The fourth-order valence-corrected chi connectivity index (χ4v) is 1.67. The van der Waals surface area contributed by atoms with E-state index in [4.69, 9.17) is 0 Å². The van der Waals surface area contributed by atoms with Crippen LogP contribution in [0.3, 0.4) is 0 Å². The first-order valence-electron chi connectivity index (χ1n) is 5.55. The van der Waals surface area contributed by atoms with Crippen LogP contribution in [0.4, 0.5) is 0 Å². The van der Waals surface area contributed by atoms with Gasteiger partial charge in [0, 0.05) is 30.8 Å². The van der Waals surface area contributed by atoms with E-state index in [1.165, 1.54) is 0 Å². The highest BCUT2D eigenvalue weighted by Gasteiger charge is 2.12. The minimum atomic E-state index is -0.116. The normalized spacial score (nSPS) is 11.5. The maximum absolute atomic E-state index is 11.4. The smallest absolute Gasteiger partial charge is 0.221 e. The molecule has 2 N–H and O–H groups in total. The Balaban J connectivity index is 3.32. The van der Waals surface area contributed by atoms with E-state index in [2.05, 4.69) is 17.6 Å². The third-order valence-electron chi connectivity index (χ3n) is 1.67. The minimum Gasteiger partial charge on any atom is -0.351 e. The summed E-state index contributed by atoms with van der Waals surface area (Å²) in [6.07, 6.45) is 0.564. The Morgan fingerprint density at radius 3 is 2.47 bits per heavy atom. The van der Waals surface area contributed by atoms with E-state index >= 15 is 0 Å². The zero-order chi connectivity index (χ0) is 11.7. The molecule has 15 heavy (non-hydrogen) atoms. The predicted octanol–water partition coefficient (Wildman–Crippen LogP) is 1.63. The number of amides is 1. The molecule has 0 saturated heterocycles. The second kappa shape index (κ2) is 7.99. The van der Waals surface area contributed by atoms with Gasteiger partial charge in [-0.25, -0.2) is 0 Å². The Labute approximate surface area is 97.8 Å². The van der Waals surface area contributed by atoms with Crippen molar-refractivity contribution in [3.05, 3.63) is 0 Å². The molecule has 0 aliphatic carbocycles. The highest BCUT2D eigenvalue weighted by atomic mass is 32.2. The van der Waals surface area contributed by atoms with Gasteiger partial charge in [-0.1, -0.05) is 6.92 Å². The molecule has 0 heterocycles. The average Bonchev–Trinajstić information content (AvgIpc) is 2.08. The van der Waals surface area contributed by atoms with Crippen LogP contribution in [0.5, 0.6) is 0 Å². The molecular weight excluding hydrogens is 208 g/mol. The molecule has 90 valence electrons. The zero-order valence-electron chi connectivity index (χ0n) is 10.4. The van der Waals surface area contributed by atoms with Crippen molar-refractivity contribution in [2.24, 2.45) is 0 Å². The van der Waals surface area contributed by atoms with Gasteiger partial charge in [0.25, 0.3) is 0 Å². The molecule has 0 bridgehead atoms. The number of carbonyl (C=O) groups is 1. The van der Waals surface area contributed by atoms with Crippen LogP contribution >= 0.6 is 11.8 Å². The highest BCUT2D eigenvalue weighted by molar-refractivity contribution is 7.99. The lowest BCUT2D eigenvalue weighted by Gasteiger charge is -2.20. The summed E-state index contributed by atoms with van der Waals surface area (Å²) in [5, 5.41) is 6.19. The molecule has 0 atom stereocenters. The number of nitrogens with one attached hydrogen (secondary N) is 2. The molecule has 0 fully saturated rings. The Bertz CT molecular complexity index is 178. The van der Waals surface area contributed by atoms with E-state index in [-0.39, 0.29) is 11.4 Å². The SMILES string of the molecule is CCSCCNCCC(=O)NC(C)(C)C. The van der Waals surface area contributed by atoms with Gasteiger partial charge in [-0.15, -0.1) is 0 Å². The largest absolute Gasteiger partial charge is 0.351 e. The molecule has 0 aromatic carbocycles. The van der Waals surface area contributed by atoms with E-state index in [9.17, 15) is 4.79 Å². The molecule has 0 aromatic heterocycles. The summed E-state index contributed by atoms with van der Waals surface area (Å²) < 4.78 is 0. The van der Waals surface area contributed by atoms with Crippen molar-refractivity contribution in [3.63, 3.8) is 0 Å². The van der Waals surface area contributed by atoms with E-state index in [1.54, 1.807) is 0 Å². The molecule has 0 aromatic rings. The fourth-order valence-electron chi connectivity index (χ4n) is 1.10. The average molecular weight is 232 g/mol. The van der Waals surface area contributed by atoms with Crippen molar-refractivity contribution in [1.29, 1.82) is 0 Å². The van der Waals surface area contributed by atoms with Gasteiger partial charge in [-0.05, 0) is 26.5 Å². The van der Waals surface area contributed by atoms with Gasteiger partial charge < -0.3 is 10.6 Å². The lowest BCUT2D eigenvalue weighted by Crippen LogP contribution is -2.41. The van der Waals surface area contributed by atoms with E-state index in [0.717, 1.165) is 24.6 Å². The summed E-state index contributed by atoms with van der Waals surface area (Å²) >= 11 is 1.91. The van der Waals surface area contributed by atoms with Crippen LogP contribution in [0.1, 0.15) is 34.1 Å². The molecular formula is C11H24N2OS. The van der Waals surface area contributed by atoms with Crippen molar-refractivity contribution in [1.82, 2.24) is 10.6 Å². The van der Waals surface area contributed by atoms with E-state index in [0.29, 0.717) is 6.42 Å². The van der Waals surface area contributed by atoms with E-state index in [1.807, 2.05) is 32.5 Å². The van der Waals surface area contributed by atoms with Gasteiger partial charge in [0.15, 0.2) is 0 Å². The summed E-state index contributed by atoms with van der Waals surface area (Å²) in [4.78, 5) is 11.4. The molecule has 1 amide bonds. The molecule has 0 spiro atoms. The summed E-state index contributed by atoms with van der Waals surface area (Å²) in [5.41, 5.74) is -0.116. The number of hydrogen-bond donors (Lipinski definition) is 2. The highest BCUT2D eigenvalue weighted by Crippen LogP contribution is 1.98. The Hall–Kier alpha value is -0.220. The van der Waals surface area contributed by atoms with Gasteiger partial charge >= 0.3 is 0 Å². The van der Waals surface area contributed by atoms with Crippen molar-refractivity contribution in [3.8, 4) is 0 Å².